The Labute approximate surface area is 166 Å². The lowest BCUT2D eigenvalue weighted by Gasteiger charge is -2.14. The molecule has 1 unspecified atom stereocenters. The van der Waals surface area contributed by atoms with E-state index in [1.165, 1.54) is 12.1 Å². The second kappa shape index (κ2) is 9.37. The van der Waals surface area contributed by atoms with Crippen molar-refractivity contribution in [2.45, 2.75) is 13.0 Å². The van der Waals surface area contributed by atoms with E-state index in [0.717, 1.165) is 19.1 Å². The number of amides is 2. The summed E-state index contributed by atoms with van der Waals surface area (Å²) in [4.78, 5) is 35.6. The maximum Gasteiger partial charge on any atom is 0.343 e. The van der Waals surface area contributed by atoms with Crippen LogP contribution in [0.5, 0.6) is 0 Å². The molecular formula is C18H13ClF4N2O4. The minimum atomic E-state index is -1.76. The van der Waals surface area contributed by atoms with Gasteiger partial charge in [-0.1, -0.05) is 17.7 Å². The van der Waals surface area contributed by atoms with Crippen molar-refractivity contribution >= 4 is 35.1 Å². The zero-order valence-electron chi connectivity index (χ0n) is 14.7. The molecule has 29 heavy (non-hydrogen) atoms. The van der Waals surface area contributed by atoms with E-state index in [1.54, 1.807) is 0 Å². The largest absolute Gasteiger partial charge is 0.449 e. The fraction of sp³-hybridized carbons (Fsp3) is 0.167. The fourth-order valence-corrected chi connectivity index (χ4v) is 2.33. The molecule has 2 aromatic carbocycles. The van der Waals surface area contributed by atoms with E-state index >= 15 is 0 Å². The van der Waals surface area contributed by atoms with Crippen molar-refractivity contribution in [3.63, 3.8) is 0 Å². The molecule has 11 heteroatoms. The summed E-state index contributed by atoms with van der Waals surface area (Å²) < 4.78 is 58.0. The Kier molecular flexibility index (Phi) is 7.16. The van der Waals surface area contributed by atoms with Gasteiger partial charge in [0.25, 0.3) is 5.91 Å². The lowest BCUT2D eigenvalue weighted by atomic mass is 10.2. The Morgan fingerprint density at radius 3 is 2.38 bits per heavy atom. The van der Waals surface area contributed by atoms with Crippen LogP contribution in [0.1, 0.15) is 17.3 Å². The van der Waals surface area contributed by atoms with Crippen molar-refractivity contribution < 1.29 is 36.7 Å². The Morgan fingerprint density at radius 1 is 1.03 bits per heavy atom. The van der Waals surface area contributed by atoms with E-state index in [4.69, 9.17) is 16.3 Å². The number of benzene rings is 2. The van der Waals surface area contributed by atoms with E-state index in [2.05, 4.69) is 5.32 Å². The number of carbonyl (C=O) groups is 3. The van der Waals surface area contributed by atoms with Crippen molar-refractivity contribution in [3.05, 3.63) is 64.2 Å². The van der Waals surface area contributed by atoms with Gasteiger partial charge in [-0.3, -0.25) is 9.59 Å². The first-order valence-corrected chi connectivity index (χ1v) is 8.35. The van der Waals surface area contributed by atoms with E-state index in [-0.39, 0.29) is 5.02 Å². The number of halogens is 5. The van der Waals surface area contributed by atoms with Gasteiger partial charge < -0.3 is 15.4 Å². The molecule has 2 N–H and O–H groups in total. The lowest BCUT2D eigenvalue weighted by Crippen LogP contribution is -2.40. The van der Waals surface area contributed by atoms with Crippen LogP contribution in [0.3, 0.4) is 0 Å². The number of ether oxygens (including phenoxy) is 1. The van der Waals surface area contributed by atoms with Gasteiger partial charge in [-0.15, -0.1) is 0 Å². The molecular weight excluding hydrogens is 420 g/mol. The van der Waals surface area contributed by atoms with Crippen LogP contribution in [0.25, 0.3) is 0 Å². The highest BCUT2D eigenvalue weighted by molar-refractivity contribution is 6.33. The predicted molar refractivity (Wildman–Crippen MR) is 94.2 cm³/mol. The summed E-state index contributed by atoms with van der Waals surface area (Å²) in [5, 5.41) is 3.82. The molecule has 0 aliphatic carbocycles. The summed E-state index contributed by atoms with van der Waals surface area (Å²) in [6.07, 6.45) is -1.43. The highest BCUT2D eigenvalue weighted by Gasteiger charge is 2.23. The molecule has 0 bridgehead atoms. The van der Waals surface area contributed by atoms with Crippen molar-refractivity contribution in [2.24, 2.45) is 0 Å². The van der Waals surface area contributed by atoms with Gasteiger partial charge in [-0.25, -0.2) is 22.4 Å². The number of carbonyl (C=O) groups excluding carboxylic acids is 3. The van der Waals surface area contributed by atoms with Crippen LogP contribution in [0.15, 0.2) is 30.3 Å². The molecule has 2 rings (SSSR count). The molecule has 0 heterocycles. The average Bonchev–Trinajstić information content (AvgIpc) is 2.66. The van der Waals surface area contributed by atoms with Crippen molar-refractivity contribution in [1.29, 1.82) is 0 Å². The number of anilines is 1. The minimum Gasteiger partial charge on any atom is -0.449 e. The van der Waals surface area contributed by atoms with Crippen LogP contribution in [-0.4, -0.2) is 30.4 Å². The zero-order chi connectivity index (χ0) is 21.7. The van der Waals surface area contributed by atoms with E-state index in [0.29, 0.717) is 6.07 Å². The molecule has 0 aromatic heterocycles. The molecule has 0 radical (unpaired) electrons. The predicted octanol–water partition coefficient (Wildman–Crippen LogP) is 3.20. The quantitative estimate of drug-likeness (QED) is 0.417. The monoisotopic (exact) mass is 432 g/mol. The first-order chi connectivity index (χ1) is 13.6. The first kappa shape index (κ1) is 22.2. The molecule has 0 aliphatic rings. The third-order valence-corrected chi connectivity index (χ3v) is 3.87. The van der Waals surface area contributed by atoms with Gasteiger partial charge in [0, 0.05) is 0 Å². The Balaban J connectivity index is 1.91. The SMILES string of the molecule is CC(OC(=O)c1c(F)cccc1Cl)C(=O)NCC(=O)Nc1ccc(F)c(F)c1F. The summed E-state index contributed by atoms with van der Waals surface area (Å²) in [6, 6.07) is 4.93. The highest BCUT2D eigenvalue weighted by atomic mass is 35.5. The Bertz CT molecular complexity index is 951. The van der Waals surface area contributed by atoms with E-state index in [1.807, 2.05) is 5.32 Å². The van der Waals surface area contributed by atoms with Gasteiger partial charge in [-0.2, -0.15) is 0 Å². The van der Waals surface area contributed by atoms with Gasteiger partial charge >= 0.3 is 5.97 Å². The molecule has 2 amide bonds. The maximum absolute atomic E-state index is 13.7. The van der Waals surface area contributed by atoms with Crippen LogP contribution < -0.4 is 10.6 Å². The normalized spacial score (nSPS) is 11.5. The van der Waals surface area contributed by atoms with Gasteiger partial charge in [-0.05, 0) is 31.2 Å². The molecule has 0 fully saturated rings. The number of nitrogens with one attached hydrogen (secondary N) is 2. The maximum atomic E-state index is 13.7. The molecule has 2 aromatic rings. The summed E-state index contributed by atoms with van der Waals surface area (Å²) >= 11 is 5.73. The number of hydrogen-bond donors (Lipinski definition) is 2. The van der Waals surface area contributed by atoms with Crippen LogP contribution in [0.4, 0.5) is 23.2 Å². The summed E-state index contributed by atoms with van der Waals surface area (Å²) in [5.74, 6) is -8.81. The van der Waals surface area contributed by atoms with Gasteiger partial charge in [0.05, 0.1) is 17.3 Å². The second-order valence-corrected chi connectivity index (χ2v) is 6.04. The van der Waals surface area contributed by atoms with Crippen LogP contribution in [0.2, 0.25) is 5.02 Å². The van der Waals surface area contributed by atoms with Crippen molar-refractivity contribution in [3.8, 4) is 0 Å². The van der Waals surface area contributed by atoms with Gasteiger partial charge in [0.2, 0.25) is 5.91 Å². The molecule has 6 nitrogen and oxygen atoms in total. The standard InChI is InChI=1S/C18H13ClF4N2O4/c1-8(29-18(28)14-9(19)3-2-4-10(14)20)17(27)24-7-13(26)25-12-6-5-11(21)15(22)16(12)23/h2-6,8H,7H2,1H3,(H,24,27)(H,25,26). The smallest absolute Gasteiger partial charge is 0.343 e. The lowest BCUT2D eigenvalue weighted by molar-refractivity contribution is -0.130. The van der Waals surface area contributed by atoms with Gasteiger partial charge in [0.15, 0.2) is 23.6 Å². The second-order valence-electron chi connectivity index (χ2n) is 5.63. The molecule has 0 aliphatic heterocycles. The average molecular weight is 433 g/mol. The summed E-state index contributed by atoms with van der Waals surface area (Å²) in [7, 11) is 0. The fourth-order valence-electron chi connectivity index (χ4n) is 2.09. The highest BCUT2D eigenvalue weighted by Crippen LogP contribution is 2.21. The van der Waals surface area contributed by atoms with E-state index in [9.17, 15) is 31.9 Å². The Hall–Kier alpha value is -3.14. The third kappa shape index (κ3) is 5.44. The first-order valence-electron chi connectivity index (χ1n) is 7.97. The zero-order valence-corrected chi connectivity index (χ0v) is 15.4. The number of rotatable bonds is 6. The van der Waals surface area contributed by atoms with Crippen LogP contribution >= 0.6 is 11.6 Å². The minimum absolute atomic E-state index is 0.212. The van der Waals surface area contributed by atoms with Crippen molar-refractivity contribution in [1.82, 2.24) is 5.32 Å². The molecule has 0 saturated heterocycles. The van der Waals surface area contributed by atoms with E-state index < -0.39 is 65.0 Å². The summed E-state index contributed by atoms with van der Waals surface area (Å²) in [6.45, 7) is 0.467. The Morgan fingerprint density at radius 2 is 1.72 bits per heavy atom. The topological polar surface area (TPSA) is 84.5 Å². The number of hydrogen-bond acceptors (Lipinski definition) is 4. The molecule has 154 valence electrons. The molecule has 0 spiro atoms. The van der Waals surface area contributed by atoms with Crippen molar-refractivity contribution in [2.75, 3.05) is 11.9 Å². The molecule has 0 saturated carbocycles. The van der Waals surface area contributed by atoms with Crippen LogP contribution in [-0.2, 0) is 14.3 Å². The third-order valence-electron chi connectivity index (χ3n) is 3.55. The van der Waals surface area contributed by atoms with Gasteiger partial charge in [0.1, 0.15) is 11.4 Å². The number of esters is 1. The molecule has 1 atom stereocenters. The summed E-state index contributed by atoms with van der Waals surface area (Å²) in [5.41, 5.74) is -1.18. The van der Waals surface area contributed by atoms with Crippen LogP contribution in [0, 0.1) is 23.3 Å².